The average molecular weight is 791 g/mol. The second kappa shape index (κ2) is 14.1. The van der Waals surface area contributed by atoms with Crippen LogP contribution in [0.2, 0.25) is 0 Å². The number of para-hydroxylation sites is 2. The average Bonchev–Trinajstić information content (AvgIpc) is 3.90. The van der Waals surface area contributed by atoms with Gasteiger partial charge in [0.15, 0.2) is 0 Å². The summed E-state index contributed by atoms with van der Waals surface area (Å²) in [4.78, 5) is 0. The van der Waals surface area contributed by atoms with E-state index in [-0.39, 0.29) is 0 Å². The van der Waals surface area contributed by atoms with Crippen molar-refractivity contribution in [1.82, 2.24) is 17.5 Å². The van der Waals surface area contributed by atoms with Crippen molar-refractivity contribution < 1.29 is 4.42 Å². The Morgan fingerprint density at radius 3 is 1.54 bits per heavy atom. The van der Waals surface area contributed by atoms with Crippen molar-refractivity contribution in [2.75, 3.05) is 0 Å². The Hall–Kier alpha value is -5.21. The van der Waals surface area contributed by atoms with E-state index in [4.69, 9.17) is 4.42 Å². The highest BCUT2D eigenvalue weighted by Gasteiger charge is 2.15. The molecule has 0 N–H and O–H groups in total. The fourth-order valence-corrected chi connectivity index (χ4v) is 8.54. The molecular formula is C46H39IN4O. The van der Waals surface area contributed by atoms with E-state index in [1.807, 2.05) is 0 Å². The molecule has 0 saturated carbocycles. The maximum Gasteiger partial charge on any atom is 0.248 e. The number of fused-ring (bicyclic) bond motifs is 6. The molecule has 9 aromatic rings. The lowest BCUT2D eigenvalue weighted by Crippen LogP contribution is -1.97. The zero-order valence-electron chi connectivity index (χ0n) is 29.2. The second-order valence-corrected chi connectivity index (χ2v) is 14.7. The lowest BCUT2D eigenvalue weighted by Gasteiger charge is -2.08. The summed E-state index contributed by atoms with van der Waals surface area (Å²) in [7, 11) is 0. The van der Waals surface area contributed by atoms with Gasteiger partial charge in [-0.2, -0.15) is 0 Å². The Morgan fingerprint density at radius 2 is 0.904 bits per heavy atom. The van der Waals surface area contributed by atoms with Crippen molar-refractivity contribution in [2.24, 2.45) is 0 Å². The molecule has 52 heavy (non-hydrogen) atoms. The van der Waals surface area contributed by atoms with Crippen LogP contribution < -0.4 is 0 Å². The number of unbranched alkanes of at least 4 members (excludes halogenated alkanes) is 5. The highest BCUT2D eigenvalue weighted by Crippen LogP contribution is 2.36. The number of nitrogens with zero attached hydrogens (tertiary/aromatic N) is 4. The van der Waals surface area contributed by atoms with E-state index in [2.05, 4.69) is 181 Å². The van der Waals surface area contributed by atoms with Crippen LogP contribution in [0.4, 0.5) is 0 Å². The van der Waals surface area contributed by atoms with E-state index >= 15 is 0 Å². The topological polar surface area (TPSA) is 48.8 Å². The molecule has 3 heterocycles. The Morgan fingerprint density at radius 1 is 0.462 bits per heavy atom. The third-order valence-electron chi connectivity index (χ3n) is 10.5. The maximum atomic E-state index is 6.20. The van der Waals surface area contributed by atoms with Crippen LogP contribution in [-0.4, -0.2) is 17.5 Å². The highest BCUT2D eigenvalue weighted by atomic mass is 127. The molecule has 6 heteroatoms. The third kappa shape index (κ3) is 5.99. The Kier molecular flexibility index (Phi) is 8.85. The largest absolute Gasteiger partial charge is 0.416 e. The molecular weight excluding hydrogens is 751 g/mol. The Labute approximate surface area is 317 Å². The first-order valence-electron chi connectivity index (χ1n) is 18.4. The van der Waals surface area contributed by atoms with E-state index in [0.717, 1.165) is 28.8 Å². The summed E-state index contributed by atoms with van der Waals surface area (Å²) in [5, 5.41) is 14.0. The number of halogens is 1. The van der Waals surface area contributed by atoms with E-state index in [1.54, 1.807) is 0 Å². The minimum Gasteiger partial charge on any atom is -0.416 e. The molecule has 0 amide bonds. The number of aromatic nitrogens is 4. The van der Waals surface area contributed by atoms with Crippen molar-refractivity contribution >= 4 is 66.5 Å². The molecule has 0 spiro atoms. The summed E-state index contributed by atoms with van der Waals surface area (Å²) < 4.78 is 10.9. The summed E-state index contributed by atoms with van der Waals surface area (Å²) in [6, 6.07) is 47.8. The number of hydrogen-bond acceptors (Lipinski definition) is 3. The number of rotatable bonds is 11. The summed E-state index contributed by atoms with van der Waals surface area (Å²) in [5.74, 6) is 1.02. The van der Waals surface area contributed by atoms with Crippen LogP contribution >= 0.6 is 22.9 Å². The van der Waals surface area contributed by atoms with E-state index in [1.165, 1.54) is 93.3 Å². The molecule has 6 aromatic carbocycles. The second-order valence-electron chi connectivity index (χ2n) is 13.8. The first kappa shape index (κ1) is 32.7. The summed E-state index contributed by atoms with van der Waals surface area (Å²) in [6.45, 7) is 3.33. The van der Waals surface area contributed by atoms with Gasteiger partial charge in [-0.15, -0.1) is 10.2 Å². The zero-order valence-corrected chi connectivity index (χ0v) is 31.4. The van der Waals surface area contributed by atoms with Crippen LogP contribution in [0, 0.1) is 0 Å². The van der Waals surface area contributed by atoms with Crippen molar-refractivity contribution in [3.63, 3.8) is 0 Å². The number of benzene rings is 6. The monoisotopic (exact) mass is 790 g/mol. The normalized spacial score (nSPS) is 11.8. The summed E-state index contributed by atoms with van der Waals surface area (Å²) >= 11 is 2.38. The van der Waals surface area contributed by atoms with Gasteiger partial charge in [0.1, 0.15) is 0 Å². The van der Waals surface area contributed by atoms with Gasteiger partial charge >= 0.3 is 0 Å². The molecule has 0 aliphatic rings. The van der Waals surface area contributed by atoms with E-state index in [0.29, 0.717) is 11.8 Å². The SMILES string of the molecule is CCCCCCCCn1c2ccccc2c2cc(-c3ccc(-c4nnc(-c5ccc(-c6ccc7c(c6)c6ccccc6n7I)cc5)o4)cc3)ccc21. The van der Waals surface area contributed by atoms with Gasteiger partial charge in [-0.05, 0) is 89.3 Å². The predicted octanol–water partition coefficient (Wildman–Crippen LogP) is 13.5. The van der Waals surface area contributed by atoms with Gasteiger partial charge in [-0.1, -0.05) is 112 Å². The fraction of sp³-hybridized carbons (Fsp3) is 0.174. The van der Waals surface area contributed by atoms with Crippen LogP contribution in [0.3, 0.4) is 0 Å². The van der Waals surface area contributed by atoms with Crippen molar-refractivity contribution in [2.45, 2.75) is 52.0 Å². The molecule has 0 fully saturated rings. The first-order valence-corrected chi connectivity index (χ1v) is 19.4. The first-order chi connectivity index (χ1) is 25.7. The molecule has 5 nitrogen and oxygen atoms in total. The molecule has 3 aromatic heterocycles. The molecule has 0 bridgehead atoms. The molecule has 0 atom stereocenters. The van der Waals surface area contributed by atoms with Crippen LogP contribution in [0.25, 0.3) is 88.8 Å². The van der Waals surface area contributed by atoms with Gasteiger partial charge in [0.05, 0.1) is 33.9 Å². The van der Waals surface area contributed by atoms with Gasteiger partial charge in [0, 0.05) is 50.2 Å². The number of hydrogen-bond donors (Lipinski definition) is 0. The smallest absolute Gasteiger partial charge is 0.248 e. The van der Waals surface area contributed by atoms with E-state index < -0.39 is 0 Å². The minimum atomic E-state index is 0.511. The standard InChI is InChI=1S/C46H39IN4O/c1-2-3-4-5-6-11-28-50-41-14-9-7-12-37(41)39-29-35(24-26-42(39)50)31-16-20-33(21-17-31)45-48-49-46(52-45)34-22-18-32(19-23-34)36-25-27-44-40(30-36)38-13-8-10-15-43(38)51(44)47/h7-10,12-27,29-30H,2-6,11,28H2,1H3. The molecule has 0 radical (unpaired) electrons. The third-order valence-corrected chi connectivity index (χ3v) is 11.5. The van der Waals surface area contributed by atoms with Crippen molar-refractivity contribution in [3.8, 4) is 45.2 Å². The van der Waals surface area contributed by atoms with E-state index in [9.17, 15) is 0 Å². The molecule has 0 aliphatic carbocycles. The summed E-state index contributed by atoms with van der Waals surface area (Å²) in [6.07, 6.45) is 7.81. The fourth-order valence-electron chi connectivity index (χ4n) is 7.70. The van der Waals surface area contributed by atoms with Crippen molar-refractivity contribution in [1.29, 1.82) is 0 Å². The Bertz CT molecular complexity index is 2680. The highest BCUT2D eigenvalue weighted by molar-refractivity contribution is 14.1. The molecule has 256 valence electrons. The maximum absolute atomic E-state index is 6.20. The molecule has 0 saturated heterocycles. The Balaban J connectivity index is 0.928. The molecule has 0 aliphatic heterocycles. The van der Waals surface area contributed by atoms with Gasteiger partial charge in [0.25, 0.3) is 0 Å². The predicted molar refractivity (Wildman–Crippen MR) is 225 cm³/mol. The zero-order chi connectivity index (χ0) is 35.0. The van der Waals surface area contributed by atoms with Crippen LogP contribution in [0.5, 0.6) is 0 Å². The minimum absolute atomic E-state index is 0.511. The lowest BCUT2D eigenvalue weighted by molar-refractivity contribution is 0.571. The van der Waals surface area contributed by atoms with Gasteiger partial charge in [-0.3, -0.25) is 2.78 Å². The van der Waals surface area contributed by atoms with Crippen molar-refractivity contribution in [3.05, 3.63) is 133 Å². The van der Waals surface area contributed by atoms with Crippen LogP contribution in [-0.2, 0) is 6.54 Å². The van der Waals surface area contributed by atoms with Crippen LogP contribution in [0.1, 0.15) is 45.4 Å². The van der Waals surface area contributed by atoms with Crippen LogP contribution in [0.15, 0.2) is 138 Å². The van der Waals surface area contributed by atoms with Gasteiger partial charge in [0.2, 0.25) is 11.8 Å². The lowest BCUT2D eigenvalue weighted by atomic mass is 10.0. The number of aryl methyl sites for hydroxylation is 1. The van der Waals surface area contributed by atoms with Gasteiger partial charge in [-0.25, -0.2) is 0 Å². The quantitative estimate of drug-likeness (QED) is 0.0968. The molecule has 0 unspecified atom stereocenters. The summed E-state index contributed by atoms with van der Waals surface area (Å²) in [5.41, 5.74) is 11.6. The van der Waals surface area contributed by atoms with Gasteiger partial charge < -0.3 is 8.98 Å². The molecule has 9 rings (SSSR count).